The number of hydrogen-bond acceptors (Lipinski definition) is 5. The Bertz CT molecular complexity index is 562. The average molecular weight is 279 g/mol. The van der Waals surface area contributed by atoms with E-state index in [0.29, 0.717) is 19.1 Å². The molecule has 2 aromatic rings. The lowest BCUT2D eigenvalue weighted by Crippen LogP contribution is -2.07. The standard InChI is InChI=1S/C13H15ClN4O/c1-3-19-13-17-11(14)16-12(18-13)15-8-10-6-4-5-9(2)7-10/h4-7H,3,8H2,1-2H3,(H,15,16,17,18). The van der Waals surface area contributed by atoms with Gasteiger partial charge in [0.2, 0.25) is 11.2 Å². The third kappa shape index (κ3) is 4.06. The lowest BCUT2D eigenvalue weighted by atomic mass is 10.1. The third-order valence-corrected chi connectivity index (χ3v) is 2.56. The molecule has 1 aromatic carbocycles. The summed E-state index contributed by atoms with van der Waals surface area (Å²) in [6.07, 6.45) is 0. The first-order valence-corrected chi connectivity index (χ1v) is 6.39. The lowest BCUT2D eigenvalue weighted by molar-refractivity contribution is 0.312. The molecule has 0 fully saturated rings. The fraction of sp³-hybridized carbons (Fsp3) is 0.308. The Morgan fingerprint density at radius 2 is 2.11 bits per heavy atom. The van der Waals surface area contributed by atoms with Crippen molar-refractivity contribution in [3.05, 3.63) is 40.7 Å². The van der Waals surface area contributed by atoms with Crippen molar-refractivity contribution in [2.45, 2.75) is 20.4 Å². The van der Waals surface area contributed by atoms with Crippen LogP contribution in [-0.2, 0) is 6.54 Å². The van der Waals surface area contributed by atoms with Crippen LogP contribution in [0.4, 0.5) is 5.95 Å². The maximum atomic E-state index is 5.81. The molecule has 6 heteroatoms. The normalized spacial score (nSPS) is 10.3. The molecule has 0 aliphatic heterocycles. The summed E-state index contributed by atoms with van der Waals surface area (Å²) < 4.78 is 5.21. The molecule has 0 spiro atoms. The topological polar surface area (TPSA) is 59.9 Å². The second-order valence-electron chi connectivity index (χ2n) is 3.99. The first-order chi connectivity index (χ1) is 9.17. The minimum absolute atomic E-state index is 0.116. The number of hydrogen-bond donors (Lipinski definition) is 1. The van der Waals surface area contributed by atoms with Gasteiger partial charge in [0.05, 0.1) is 6.61 Å². The number of nitrogens with one attached hydrogen (secondary N) is 1. The molecule has 1 aromatic heterocycles. The molecule has 0 saturated carbocycles. The van der Waals surface area contributed by atoms with E-state index in [1.165, 1.54) is 5.56 Å². The highest BCUT2D eigenvalue weighted by Gasteiger charge is 2.05. The number of nitrogens with zero attached hydrogens (tertiary/aromatic N) is 3. The van der Waals surface area contributed by atoms with Crippen molar-refractivity contribution < 1.29 is 4.74 Å². The minimum Gasteiger partial charge on any atom is -0.464 e. The molecule has 0 aliphatic rings. The van der Waals surface area contributed by atoms with Crippen LogP contribution in [0.25, 0.3) is 0 Å². The van der Waals surface area contributed by atoms with Gasteiger partial charge in [-0.25, -0.2) is 0 Å². The van der Waals surface area contributed by atoms with Crippen molar-refractivity contribution in [3.8, 4) is 6.01 Å². The van der Waals surface area contributed by atoms with Gasteiger partial charge in [0.25, 0.3) is 0 Å². The number of aromatic nitrogens is 3. The molecule has 1 heterocycles. The summed E-state index contributed by atoms with van der Waals surface area (Å²) in [6.45, 7) is 5.01. The Balaban J connectivity index is 2.06. The highest BCUT2D eigenvalue weighted by Crippen LogP contribution is 2.12. The van der Waals surface area contributed by atoms with Gasteiger partial charge in [-0.1, -0.05) is 29.8 Å². The summed E-state index contributed by atoms with van der Waals surface area (Å²) in [5.74, 6) is 0.407. The van der Waals surface area contributed by atoms with Gasteiger partial charge in [-0.15, -0.1) is 0 Å². The zero-order chi connectivity index (χ0) is 13.7. The largest absolute Gasteiger partial charge is 0.464 e. The quantitative estimate of drug-likeness (QED) is 0.911. The number of anilines is 1. The molecular formula is C13H15ClN4O. The van der Waals surface area contributed by atoms with Crippen LogP contribution >= 0.6 is 11.6 Å². The average Bonchev–Trinajstić information content (AvgIpc) is 2.36. The molecule has 2 rings (SSSR count). The van der Waals surface area contributed by atoms with E-state index in [2.05, 4.69) is 39.3 Å². The molecule has 0 bridgehead atoms. The SMILES string of the molecule is CCOc1nc(Cl)nc(NCc2cccc(C)c2)n1. The Kier molecular flexibility index (Phi) is 4.52. The molecule has 0 saturated heterocycles. The fourth-order valence-electron chi connectivity index (χ4n) is 1.61. The summed E-state index contributed by atoms with van der Waals surface area (Å²) in [7, 11) is 0. The zero-order valence-corrected chi connectivity index (χ0v) is 11.6. The Morgan fingerprint density at radius 3 is 2.84 bits per heavy atom. The van der Waals surface area contributed by atoms with Crippen molar-refractivity contribution in [1.29, 1.82) is 0 Å². The monoisotopic (exact) mass is 278 g/mol. The highest BCUT2D eigenvalue weighted by molar-refractivity contribution is 6.28. The molecule has 19 heavy (non-hydrogen) atoms. The number of aryl methyl sites for hydroxylation is 1. The Hall–Kier alpha value is -1.88. The molecule has 100 valence electrons. The highest BCUT2D eigenvalue weighted by atomic mass is 35.5. The summed E-state index contributed by atoms with van der Waals surface area (Å²) >= 11 is 5.81. The van der Waals surface area contributed by atoms with Crippen LogP contribution in [0.1, 0.15) is 18.1 Å². The first-order valence-electron chi connectivity index (χ1n) is 6.01. The summed E-state index contributed by atoms with van der Waals surface area (Å²) in [6, 6.07) is 8.43. The summed E-state index contributed by atoms with van der Waals surface area (Å²) in [5.41, 5.74) is 2.36. The van der Waals surface area contributed by atoms with Gasteiger partial charge in [-0.2, -0.15) is 15.0 Å². The Labute approximate surface area is 117 Å². The molecule has 0 radical (unpaired) electrons. The predicted molar refractivity (Wildman–Crippen MR) is 74.5 cm³/mol. The Morgan fingerprint density at radius 1 is 1.26 bits per heavy atom. The number of halogens is 1. The minimum atomic E-state index is 0.116. The van der Waals surface area contributed by atoms with Gasteiger partial charge < -0.3 is 10.1 Å². The predicted octanol–water partition coefficient (Wildman–Crippen LogP) is 2.84. The van der Waals surface area contributed by atoms with E-state index in [-0.39, 0.29) is 11.3 Å². The second kappa shape index (κ2) is 6.33. The van der Waals surface area contributed by atoms with Crippen LogP contribution in [0.5, 0.6) is 6.01 Å². The molecule has 5 nitrogen and oxygen atoms in total. The van der Waals surface area contributed by atoms with Gasteiger partial charge in [-0.3, -0.25) is 0 Å². The summed E-state index contributed by atoms with van der Waals surface area (Å²) in [5, 5.41) is 3.22. The molecule has 0 atom stereocenters. The van der Waals surface area contributed by atoms with Crippen LogP contribution in [-0.4, -0.2) is 21.6 Å². The van der Waals surface area contributed by atoms with Crippen molar-refractivity contribution >= 4 is 17.5 Å². The maximum absolute atomic E-state index is 5.81. The molecule has 0 unspecified atom stereocenters. The van der Waals surface area contributed by atoms with E-state index in [1.807, 2.05) is 19.1 Å². The van der Waals surface area contributed by atoms with Crippen molar-refractivity contribution in [3.63, 3.8) is 0 Å². The van der Waals surface area contributed by atoms with E-state index in [4.69, 9.17) is 16.3 Å². The van der Waals surface area contributed by atoms with Gasteiger partial charge in [0, 0.05) is 6.54 Å². The first kappa shape index (κ1) is 13.5. The van der Waals surface area contributed by atoms with Gasteiger partial charge in [0.15, 0.2) is 0 Å². The van der Waals surface area contributed by atoms with Crippen LogP contribution in [0, 0.1) is 6.92 Å². The summed E-state index contributed by atoms with van der Waals surface area (Å²) in [4.78, 5) is 12.0. The smallest absolute Gasteiger partial charge is 0.322 e. The number of rotatable bonds is 5. The molecule has 0 aliphatic carbocycles. The van der Waals surface area contributed by atoms with Crippen LogP contribution in [0.2, 0.25) is 5.28 Å². The van der Waals surface area contributed by atoms with E-state index < -0.39 is 0 Å². The number of benzene rings is 1. The van der Waals surface area contributed by atoms with Gasteiger partial charge in [-0.05, 0) is 31.0 Å². The second-order valence-corrected chi connectivity index (χ2v) is 4.32. The maximum Gasteiger partial charge on any atom is 0.322 e. The molecule has 1 N–H and O–H groups in total. The van der Waals surface area contributed by atoms with Crippen LogP contribution in [0.3, 0.4) is 0 Å². The van der Waals surface area contributed by atoms with Gasteiger partial charge in [0.1, 0.15) is 0 Å². The molecular weight excluding hydrogens is 264 g/mol. The number of ether oxygens (including phenoxy) is 1. The van der Waals surface area contributed by atoms with Gasteiger partial charge >= 0.3 is 6.01 Å². The lowest BCUT2D eigenvalue weighted by Gasteiger charge is -2.07. The van der Waals surface area contributed by atoms with Crippen molar-refractivity contribution in [2.24, 2.45) is 0 Å². The zero-order valence-electron chi connectivity index (χ0n) is 10.9. The van der Waals surface area contributed by atoms with E-state index in [1.54, 1.807) is 0 Å². The fourth-order valence-corrected chi connectivity index (χ4v) is 1.76. The third-order valence-electron chi connectivity index (χ3n) is 2.39. The molecule has 0 amide bonds. The van der Waals surface area contributed by atoms with E-state index in [9.17, 15) is 0 Å². The van der Waals surface area contributed by atoms with E-state index >= 15 is 0 Å². The van der Waals surface area contributed by atoms with Crippen LogP contribution in [0.15, 0.2) is 24.3 Å². The van der Waals surface area contributed by atoms with Crippen molar-refractivity contribution in [1.82, 2.24) is 15.0 Å². The van der Waals surface area contributed by atoms with Crippen LogP contribution < -0.4 is 10.1 Å². The van der Waals surface area contributed by atoms with Crippen molar-refractivity contribution in [2.75, 3.05) is 11.9 Å². The van der Waals surface area contributed by atoms with E-state index in [0.717, 1.165) is 5.56 Å².